The number of aromatic nitrogens is 4. The first-order valence-electron chi connectivity index (χ1n) is 6.91. The van der Waals surface area contributed by atoms with Gasteiger partial charge in [0.25, 0.3) is 5.69 Å². The molecule has 2 aromatic heterocycles. The number of piperidine rings is 1. The standard InChI is InChI=1S/C12H16N8O2/c13-11-16-12(18-17-11)19-5-3-8(4-6-19)15-10-2-1-9(7-14-10)20(21)22/h1-2,7-8H,3-6H2,(H,14,15)(H3,13,16,17,18). The van der Waals surface area contributed by atoms with E-state index in [9.17, 15) is 10.1 Å². The summed E-state index contributed by atoms with van der Waals surface area (Å²) in [4.78, 5) is 20.4. The molecule has 22 heavy (non-hydrogen) atoms. The second-order valence-corrected chi connectivity index (χ2v) is 5.09. The van der Waals surface area contributed by atoms with Crippen molar-refractivity contribution < 1.29 is 4.92 Å². The van der Waals surface area contributed by atoms with Gasteiger partial charge in [-0.25, -0.2) is 10.1 Å². The van der Waals surface area contributed by atoms with Crippen LogP contribution in [0.15, 0.2) is 18.3 Å². The smallest absolute Gasteiger partial charge is 0.287 e. The summed E-state index contributed by atoms with van der Waals surface area (Å²) in [6, 6.07) is 3.34. The lowest BCUT2D eigenvalue weighted by molar-refractivity contribution is -0.385. The van der Waals surface area contributed by atoms with Crippen molar-refractivity contribution in [3.05, 3.63) is 28.4 Å². The van der Waals surface area contributed by atoms with Gasteiger partial charge in [0, 0.05) is 25.2 Å². The number of nitro groups is 1. The molecular formula is C12H16N8O2. The molecule has 0 amide bonds. The molecule has 10 nitrogen and oxygen atoms in total. The average molecular weight is 304 g/mol. The van der Waals surface area contributed by atoms with Crippen molar-refractivity contribution in [2.45, 2.75) is 18.9 Å². The number of nitrogens with one attached hydrogen (secondary N) is 2. The maximum atomic E-state index is 10.6. The molecule has 3 rings (SSSR count). The highest BCUT2D eigenvalue weighted by atomic mass is 16.6. The molecule has 1 fully saturated rings. The minimum absolute atomic E-state index is 0.0115. The van der Waals surface area contributed by atoms with Crippen molar-refractivity contribution in [2.75, 3.05) is 29.0 Å². The van der Waals surface area contributed by atoms with Gasteiger partial charge in [0.1, 0.15) is 12.0 Å². The zero-order chi connectivity index (χ0) is 15.5. The van der Waals surface area contributed by atoms with E-state index >= 15 is 0 Å². The van der Waals surface area contributed by atoms with Gasteiger partial charge in [-0.2, -0.15) is 4.98 Å². The third-order valence-electron chi connectivity index (χ3n) is 3.58. The molecule has 0 aromatic carbocycles. The van der Waals surface area contributed by atoms with Crippen LogP contribution < -0.4 is 16.0 Å². The molecule has 0 bridgehead atoms. The van der Waals surface area contributed by atoms with Gasteiger partial charge in [-0.1, -0.05) is 0 Å². The Morgan fingerprint density at radius 1 is 1.41 bits per heavy atom. The lowest BCUT2D eigenvalue weighted by atomic mass is 10.1. The zero-order valence-corrected chi connectivity index (χ0v) is 11.8. The molecule has 4 N–H and O–H groups in total. The number of rotatable bonds is 4. The van der Waals surface area contributed by atoms with Crippen LogP contribution >= 0.6 is 0 Å². The molecule has 3 heterocycles. The van der Waals surface area contributed by atoms with E-state index in [0.29, 0.717) is 17.7 Å². The Kier molecular flexibility index (Phi) is 3.73. The molecule has 0 aliphatic carbocycles. The van der Waals surface area contributed by atoms with Crippen molar-refractivity contribution in [2.24, 2.45) is 0 Å². The van der Waals surface area contributed by atoms with Crippen molar-refractivity contribution in [1.82, 2.24) is 20.2 Å². The summed E-state index contributed by atoms with van der Waals surface area (Å²) in [5.41, 5.74) is 5.51. The largest absolute Gasteiger partial charge is 0.368 e. The Balaban J connectivity index is 1.54. The van der Waals surface area contributed by atoms with Crippen LogP contribution in [-0.2, 0) is 0 Å². The Bertz CT molecular complexity index is 647. The van der Waals surface area contributed by atoms with Gasteiger partial charge in [-0.15, -0.1) is 5.10 Å². The van der Waals surface area contributed by atoms with Gasteiger partial charge in [0.05, 0.1) is 4.92 Å². The van der Waals surface area contributed by atoms with Gasteiger partial charge in [0.15, 0.2) is 0 Å². The molecule has 0 spiro atoms. The van der Waals surface area contributed by atoms with E-state index in [4.69, 9.17) is 5.73 Å². The molecule has 116 valence electrons. The van der Waals surface area contributed by atoms with Crippen LogP contribution in [0.1, 0.15) is 12.8 Å². The quantitative estimate of drug-likeness (QED) is 0.556. The second-order valence-electron chi connectivity index (χ2n) is 5.09. The molecule has 0 radical (unpaired) electrons. The lowest BCUT2D eigenvalue weighted by Gasteiger charge is -2.31. The maximum Gasteiger partial charge on any atom is 0.287 e. The minimum atomic E-state index is -0.460. The summed E-state index contributed by atoms with van der Waals surface area (Å²) in [6.45, 7) is 1.61. The molecule has 0 unspecified atom stereocenters. The van der Waals surface area contributed by atoms with Crippen LogP contribution in [0, 0.1) is 10.1 Å². The topological polar surface area (TPSA) is 139 Å². The summed E-state index contributed by atoms with van der Waals surface area (Å²) in [7, 11) is 0. The summed E-state index contributed by atoms with van der Waals surface area (Å²) in [5.74, 6) is 1.57. The van der Waals surface area contributed by atoms with Gasteiger partial charge in [-0.3, -0.25) is 10.1 Å². The first-order chi connectivity index (χ1) is 10.6. The van der Waals surface area contributed by atoms with Gasteiger partial charge in [0.2, 0.25) is 11.9 Å². The Morgan fingerprint density at radius 3 is 2.73 bits per heavy atom. The summed E-state index contributed by atoms with van der Waals surface area (Å²) in [5, 5.41) is 20.6. The minimum Gasteiger partial charge on any atom is -0.368 e. The van der Waals surface area contributed by atoms with Crippen molar-refractivity contribution in [3.63, 3.8) is 0 Å². The van der Waals surface area contributed by atoms with Gasteiger partial charge >= 0.3 is 0 Å². The number of pyridine rings is 1. The van der Waals surface area contributed by atoms with Crippen LogP contribution in [-0.4, -0.2) is 44.2 Å². The SMILES string of the molecule is Nc1nc(N2CCC(Nc3ccc([N+](=O)[O-])cn3)CC2)n[nH]1. The highest BCUT2D eigenvalue weighted by molar-refractivity contribution is 5.41. The molecule has 10 heteroatoms. The van der Waals surface area contributed by atoms with E-state index in [1.807, 2.05) is 0 Å². The number of hydrogen-bond donors (Lipinski definition) is 3. The number of hydrogen-bond acceptors (Lipinski definition) is 8. The van der Waals surface area contributed by atoms with Crippen LogP contribution in [0.5, 0.6) is 0 Å². The predicted molar refractivity (Wildman–Crippen MR) is 80.5 cm³/mol. The van der Waals surface area contributed by atoms with E-state index in [0.717, 1.165) is 25.9 Å². The summed E-state index contributed by atoms with van der Waals surface area (Å²) >= 11 is 0. The fourth-order valence-electron chi connectivity index (χ4n) is 2.42. The van der Waals surface area contributed by atoms with E-state index in [2.05, 4.69) is 30.4 Å². The number of H-pyrrole nitrogens is 1. The first kappa shape index (κ1) is 14.0. The number of nitrogens with two attached hydrogens (primary N) is 1. The monoisotopic (exact) mass is 304 g/mol. The predicted octanol–water partition coefficient (Wildman–Crippen LogP) is 0.771. The van der Waals surface area contributed by atoms with E-state index < -0.39 is 4.92 Å². The van der Waals surface area contributed by atoms with E-state index in [1.54, 1.807) is 6.07 Å². The number of aromatic amines is 1. The third-order valence-corrected chi connectivity index (χ3v) is 3.58. The highest BCUT2D eigenvalue weighted by Crippen LogP contribution is 2.20. The molecule has 1 aliphatic heterocycles. The highest BCUT2D eigenvalue weighted by Gasteiger charge is 2.22. The van der Waals surface area contributed by atoms with Crippen LogP contribution in [0.2, 0.25) is 0 Å². The number of nitrogens with zero attached hydrogens (tertiary/aromatic N) is 5. The molecule has 0 saturated carbocycles. The normalized spacial score (nSPS) is 15.7. The average Bonchev–Trinajstić information content (AvgIpc) is 2.95. The lowest BCUT2D eigenvalue weighted by Crippen LogP contribution is -2.39. The van der Waals surface area contributed by atoms with Gasteiger partial charge < -0.3 is 16.0 Å². The van der Waals surface area contributed by atoms with Crippen LogP contribution in [0.4, 0.5) is 23.4 Å². The molecule has 1 aliphatic rings. The molecule has 2 aromatic rings. The first-order valence-corrected chi connectivity index (χ1v) is 6.91. The summed E-state index contributed by atoms with van der Waals surface area (Å²) in [6.07, 6.45) is 3.05. The Morgan fingerprint density at radius 2 is 2.18 bits per heavy atom. The number of nitrogen functional groups attached to an aromatic ring is 1. The molecule has 1 saturated heterocycles. The summed E-state index contributed by atoms with van der Waals surface area (Å²) < 4.78 is 0. The molecule has 0 atom stereocenters. The fourth-order valence-corrected chi connectivity index (χ4v) is 2.42. The zero-order valence-electron chi connectivity index (χ0n) is 11.8. The Labute approximate surface area is 125 Å². The van der Waals surface area contributed by atoms with E-state index in [1.165, 1.54) is 12.3 Å². The Hall–Kier alpha value is -2.91. The fraction of sp³-hybridized carbons (Fsp3) is 0.417. The molecular weight excluding hydrogens is 288 g/mol. The second kappa shape index (κ2) is 5.84. The van der Waals surface area contributed by atoms with Gasteiger partial charge in [-0.05, 0) is 18.9 Å². The van der Waals surface area contributed by atoms with E-state index in [-0.39, 0.29) is 11.7 Å². The maximum absolute atomic E-state index is 10.6. The van der Waals surface area contributed by atoms with Crippen molar-refractivity contribution in [1.29, 1.82) is 0 Å². The van der Waals surface area contributed by atoms with Crippen LogP contribution in [0.25, 0.3) is 0 Å². The van der Waals surface area contributed by atoms with Crippen molar-refractivity contribution in [3.8, 4) is 0 Å². The number of anilines is 3. The van der Waals surface area contributed by atoms with Crippen molar-refractivity contribution >= 4 is 23.4 Å². The third kappa shape index (κ3) is 3.05. The van der Waals surface area contributed by atoms with Crippen LogP contribution in [0.3, 0.4) is 0 Å².